The van der Waals surface area contributed by atoms with Crippen LogP contribution in [0, 0.1) is 13.8 Å². The van der Waals surface area contributed by atoms with Crippen molar-refractivity contribution in [2.45, 2.75) is 52.6 Å². The summed E-state index contributed by atoms with van der Waals surface area (Å²) in [7, 11) is 0. The number of hydrogen-bond acceptors (Lipinski definition) is 3. The predicted octanol–water partition coefficient (Wildman–Crippen LogP) is 7.24. The van der Waals surface area contributed by atoms with Crippen molar-refractivity contribution in [1.29, 1.82) is 0 Å². The van der Waals surface area contributed by atoms with Crippen molar-refractivity contribution in [3.05, 3.63) is 93.2 Å². The number of ether oxygens (including phenoxy) is 1. The number of unbranched alkanes of at least 4 members (excludes halogenated alkanes) is 1. The molecule has 0 aliphatic carbocycles. The normalized spacial score (nSPS) is 12.0. The van der Waals surface area contributed by atoms with E-state index in [1.54, 1.807) is 12.1 Å². The molecular weight excluding hydrogens is 493 g/mol. The first-order valence-corrected chi connectivity index (χ1v) is 13.0. The Labute approximate surface area is 222 Å². The maximum Gasteiger partial charge on any atom is 0.224 e. The van der Waals surface area contributed by atoms with E-state index in [2.05, 4.69) is 16.0 Å². The van der Waals surface area contributed by atoms with Crippen LogP contribution in [0.4, 0.5) is 0 Å². The molecule has 0 radical (unpaired) electrons. The van der Waals surface area contributed by atoms with Crippen LogP contribution in [0.2, 0.25) is 10.0 Å². The Hall–Kier alpha value is -3.02. The van der Waals surface area contributed by atoms with Gasteiger partial charge >= 0.3 is 0 Å². The van der Waals surface area contributed by atoms with Gasteiger partial charge in [0, 0.05) is 16.6 Å². The van der Waals surface area contributed by atoms with E-state index in [1.165, 1.54) is 0 Å². The Morgan fingerprint density at radius 1 is 1.03 bits per heavy atom. The summed E-state index contributed by atoms with van der Waals surface area (Å²) in [5.74, 6) is 1.65. The fourth-order valence-corrected chi connectivity index (χ4v) is 4.59. The highest BCUT2D eigenvalue weighted by atomic mass is 35.5. The standard InChI is InChI=1S/C29H31Cl2N3O2/c1-19-16-24(17-20(2)28(19)31)36-15-7-6-14-34-26-9-5-4-8-25(26)33-29(34)21(3)32-27(35)18-22-10-12-23(30)13-11-22/h4-5,8-13,16-17,21H,6-7,14-15,18H2,1-3H3,(H,32,35). The van der Waals surface area contributed by atoms with Gasteiger partial charge in [-0.2, -0.15) is 0 Å². The number of aryl methyl sites for hydroxylation is 3. The molecule has 0 aliphatic rings. The lowest BCUT2D eigenvalue weighted by molar-refractivity contribution is -0.121. The number of benzene rings is 3. The molecule has 0 saturated heterocycles. The van der Waals surface area contributed by atoms with Gasteiger partial charge < -0.3 is 14.6 Å². The zero-order valence-corrected chi connectivity index (χ0v) is 22.4. The maximum atomic E-state index is 12.7. The largest absolute Gasteiger partial charge is 0.494 e. The van der Waals surface area contributed by atoms with Crippen LogP contribution in [0.15, 0.2) is 60.7 Å². The summed E-state index contributed by atoms with van der Waals surface area (Å²) >= 11 is 12.2. The Morgan fingerprint density at radius 2 is 1.72 bits per heavy atom. The van der Waals surface area contributed by atoms with Crippen molar-refractivity contribution in [3.8, 4) is 5.75 Å². The van der Waals surface area contributed by atoms with Crippen molar-refractivity contribution >= 4 is 40.1 Å². The second kappa shape index (κ2) is 11.8. The lowest BCUT2D eigenvalue weighted by Crippen LogP contribution is -2.30. The highest BCUT2D eigenvalue weighted by Crippen LogP contribution is 2.26. The van der Waals surface area contributed by atoms with E-state index in [4.69, 9.17) is 32.9 Å². The Bertz CT molecular complexity index is 1330. The molecule has 188 valence electrons. The molecule has 4 rings (SSSR count). The molecule has 1 unspecified atom stereocenters. The van der Waals surface area contributed by atoms with Gasteiger partial charge in [0.05, 0.1) is 30.1 Å². The van der Waals surface area contributed by atoms with E-state index in [0.29, 0.717) is 18.1 Å². The van der Waals surface area contributed by atoms with E-state index >= 15 is 0 Å². The van der Waals surface area contributed by atoms with Crippen LogP contribution >= 0.6 is 23.2 Å². The van der Waals surface area contributed by atoms with Gasteiger partial charge in [0.15, 0.2) is 0 Å². The van der Waals surface area contributed by atoms with Crippen molar-refractivity contribution in [3.63, 3.8) is 0 Å². The maximum absolute atomic E-state index is 12.7. The third-order valence-electron chi connectivity index (χ3n) is 6.18. The van der Waals surface area contributed by atoms with E-state index in [9.17, 15) is 4.79 Å². The number of para-hydroxylation sites is 2. The van der Waals surface area contributed by atoms with Gasteiger partial charge in [-0.25, -0.2) is 4.98 Å². The minimum atomic E-state index is -0.228. The third-order valence-corrected chi connectivity index (χ3v) is 7.03. The number of carbonyl (C=O) groups is 1. The highest BCUT2D eigenvalue weighted by molar-refractivity contribution is 6.32. The highest BCUT2D eigenvalue weighted by Gasteiger charge is 2.18. The van der Waals surface area contributed by atoms with Gasteiger partial charge in [-0.1, -0.05) is 47.5 Å². The second-order valence-corrected chi connectivity index (χ2v) is 9.94. The van der Waals surface area contributed by atoms with Crippen LogP contribution in [-0.4, -0.2) is 22.1 Å². The van der Waals surface area contributed by atoms with E-state index in [-0.39, 0.29) is 11.9 Å². The molecule has 0 fully saturated rings. The van der Waals surface area contributed by atoms with Gasteiger partial charge in [-0.05, 0) is 86.7 Å². The second-order valence-electron chi connectivity index (χ2n) is 9.13. The monoisotopic (exact) mass is 523 g/mol. The molecule has 1 N–H and O–H groups in total. The lowest BCUT2D eigenvalue weighted by Gasteiger charge is -2.17. The molecule has 7 heteroatoms. The van der Waals surface area contributed by atoms with Crippen LogP contribution in [0.25, 0.3) is 11.0 Å². The Balaban J connectivity index is 1.38. The molecule has 0 spiro atoms. The molecule has 1 heterocycles. The molecule has 0 bridgehead atoms. The quantitative estimate of drug-likeness (QED) is 0.223. The van der Waals surface area contributed by atoms with Gasteiger partial charge in [0.2, 0.25) is 5.91 Å². The molecule has 3 aromatic carbocycles. The third kappa shape index (κ3) is 6.40. The summed E-state index contributed by atoms with van der Waals surface area (Å²) in [6, 6.07) is 19.1. The molecule has 0 saturated carbocycles. The number of carbonyl (C=O) groups excluding carboxylic acids is 1. The lowest BCUT2D eigenvalue weighted by atomic mass is 10.1. The van der Waals surface area contributed by atoms with Gasteiger partial charge in [-0.3, -0.25) is 4.79 Å². The number of imidazole rings is 1. The average Bonchev–Trinajstić information content (AvgIpc) is 3.22. The molecule has 0 aliphatic heterocycles. The molecule has 1 amide bonds. The van der Waals surface area contributed by atoms with Crippen molar-refractivity contribution < 1.29 is 9.53 Å². The number of aromatic nitrogens is 2. The van der Waals surface area contributed by atoms with E-state index in [1.807, 2.05) is 63.2 Å². The van der Waals surface area contributed by atoms with Crippen LogP contribution < -0.4 is 10.1 Å². The fourth-order valence-electron chi connectivity index (χ4n) is 4.36. The topological polar surface area (TPSA) is 56.1 Å². The number of amides is 1. The smallest absolute Gasteiger partial charge is 0.224 e. The summed E-state index contributed by atoms with van der Waals surface area (Å²) in [4.78, 5) is 17.5. The Morgan fingerprint density at radius 3 is 2.44 bits per heavy atom. The van der Waals surface area contributed by atoms with E-state index in [0.717, 1.165) is 63.7 Å². The summed E-state index contributed by atoms with van der Waals surface area (Å²) in [5, 5.41) is 4.55. The van der Waals surface area contributed by atoms with Gasteiger partial charge in [0.1, 0.15) is 11.6 Å². The van der Waals surface area contributed by atoms with Crippen molar-refractivity contribution in [1.82, 2.24) is 14.9 Å². The summed E-state index contributed by atoms with van der Waals surface area (Å²) in [6.45, 7) is 7.36. The summed E-state index contributed by atoms with van der Waals surface area (Å²) in [5.41, 5.74) is 4.95. The predicted molar refractivity (Wildman–Crippen MR) is 147 cm³/mol. The SMILES string of the molecule is Cc1cc(OCCCCn2c(C(C)NC(=O)Cc3ccc(Cl)cc3)nc3ccccc32)cc(C)c1Cl. The summed E-state index contributed by atoms with van der Waals surface area (Å²) in [6.07, 6.45) is 2.11. The average molecular weight is 524 g/mol. The fraction of sp³-hybridized carbons (Fsp3) is 0.310. The minimum Gasteiger partial charge on any atom is -0.494 e. The molecule has 4 aromatic rings. The van der Waals surface area contributed by atoms with E-state index < -0.39 is 0 Å². The zero-order chi connectivity index (χ0) is 25.7. The van der Waals surface area contributed by atoms with Gasteiger partial charge in [-0.15, -0.1) is 0 Å². The van der Waals surface area contributed by atoms with Crippen LogP contribution in [0.1, 0.15) is 48.3 Å². The Kier molecular flexibility index (Phi) is 8.55. The summed E-state index contributed by atoms with van der Waals surface area (Å²) < 4.78 is 8.18. The first-order chi connectivity index (χ1) is 17.3. The van der Waals surface area contributed by atoms with Crippen molar-refractivity contribution in [2.75, 3.05) is 6.61 Å². The molecule has 5 nitrogen and oxygen atoms in total. The number of halogens is 2. The van der Waals surface area contributed by atoms with Crippen LogP contribution in [0.5, 0.6) is 5.75 Å². The van der Waals surface area contributed by atoms with Gasteiger partial charge in [0.25, 0.3) is 0 Å². The minimum absolute atomic E-state index is 0.0506. The van der Waals surface area contributed by atoms with Crippen LogP contribution in [-0.2, 0) is 17.8 Å². The molecule has 1 atom stereocenters. The molecule has 36 heavy (non-hydrogen) atoms. The van der Waals surface area contributed by atoms with Crippen LogP contribution in [0.3, 0.4) is 0 Å². The molecular formula is C29H31Cl2N3O2. The first kappa shape index (κ1) is 26.1. The number of nitrogens with zero attached hydrogens (tertiary/aromatic N) is 2. The van der Waals surface area contributed by atoms with Crippen molar-refractivity contribution in [2.24, 2.45) is 0 Å². The number of fused-ring (bicyclic) bond motifs is 1. The number of nitrogens with one attached hydrogen (secondary N) is 1. The number of rotatable bonds is 10. The first-order valence-electron chi connectivity index (χ1n) is 12.2. The zero-order valence-electron chi connectivity index (χ0n) is 20.9. The molecule has 1 aromatic heterocycles. The number of hydrogen-bond donors (Lipinski definition) is 1.